The zero-order valence-electron chi connectivity index (χ0n) is 15.3. The Morgan fingerprint density at radius 2 is 2.19 bits per heavy atom. The molecule has 0 radical (unpaired) electrons. The Balaban J connectivity index is 1.83. The number of thiocarbonyl (C=S) groups is 1. The number of carbonyl (C=O) groups excluding carboxylic acids is 1. The van der Waals surface area contributed by atoms with Crippen LogP contribution in [0.3, 0.4) is 0 Å². The first-order chi connectivity index (χ1) is 12.9. The molecule has 0 aliphatic carbocycles. The van der Waals surface area contributed by atoms with E-state index < -0.39 is 5.54 Å². The number of aliphatic hydroxyl groups is 1. The molecule has 1 aromatic carbocycles. The van der Waals surface area contributed by atoms with Gasteiger partial charge in [0.1, 0.15) is 10.5 Å². The average Bonchev–Trinajstić information content (AvgIpc) is 3.10. The summed E-state index contributed by atoms with van der Waals surface area (Å²) in [6.45, 7) is 4.18. The Bertz CT molecular complexity index is 812. The van der Waals surface area contributed by atoms with E-state index in [0.717, 1.165) is 10.7 Å². The van der Waals surface area contributed by atoms with Crippen LogP contribution in [0.2, 0.25) is 0 Å². The summed E-state index contributed by atoms with van der Waals surface area (Å²) in [5, 5.41) is 18.9. The number of nitrogens with one attached hydrogen (secondary N) is 2. The van der Waals surface area contributed by atoms with Crippen molar-refractivity contribution in [1.29, 1.82) is 0 Å². The SMILES string of the molecule is Cc1csc([C@]2(NC(=S)NC(=O)c3ccccc3)CO[C@@H](C)C[C@H]2CO)n1. The third-order valence-electron chi connectivity index (χ3n) is 4.73. The molecule has 27 heavy (non-hydrogen) atoms. The molecule has 1 aromatic heterocycles. The zero-order valence-corrected chi connectivity index (χ0v) is 16.9. The van der Waals surface area contributed by atoms with E-state index in [1.54, 1.807) is 24.3 Å². The Morgan fingerprint density at radius 1 is 1.44 bits per heavy atom. The molecule has 2 aromatic rings. The Morgan fingerprint density at radius 3 is 2.81 bits per heavy atom. The van der Waals surface area contributed by atoms with Crippen LogP contribution in [-0.2, 0) is 10.3 Å². The number of rotatable bonds is 4. The molecule has 2 heterocycles. The summed E-state index contributed by atoms with van der Waals surface area (Å²) in [6, 6.07) is 8.88. The van der Waals surface area contributed by atoms with Gasteiger partial charge in [-0.2, -0.15) is 0 Å². The maximum Gasteiger partial charge on any atom is 0.257 e. The fourth-order valence-electron chi connectivity index (χ4n) is 3.28. The minimum Gasteiger partial charge on any atom is -0.396 e. The highest BCUT2D eigenvalue weighted by atomic mass is 32.1. The van der Waals surface area contributed by atoms with Crippen molar-refractivity contribution >= 4 is 34.6 Å². The summed E-state index contributed by atoms with van der Waals surface area (Å²) in [5.41, 5.74) is 0.639. The third-order valence-corrected chi connectivity index (χ3v) is 6.07. The average molecular weight is 406 g/mol. The predicted octanol–water partition coefficient (Wildman–Crippen LogP) is 2.37. The Kier molecular flexibility index (Phi) is 6.21. The molecule has 3 atom stereocenters. The van der Waals surface area contributed by atoms with E-state index in [9.17, 15) is 9.90 Å². The summed E-state index contributed by atoms with van der Waals surface area (Å²) in [5.74, 6) is -0.428. The summed E-state index contributed by atoms with van der Waals surface area (Å²) in [7, 11) is 0. The van der Waals surface area contributed by atoms with Crippen molar-refractivity contribution in [2.24, 2.45) is 5.92 Å². The van der Waals surface area contributed by atoms with Gasteiger partial charge in [-0.15, -0.1) is 11.3 Å². The smallest absolute Gasteiger partial charge is 0.257 e. The van der Waals surface area contributed by atoms with E-state index >= 15 is 0 Å². The molecule has 1 aliphatic heterocycles. The van der Waals surface area contributed by atoms with Crippen LogP contribution in [0.25, 0.3) is 0 Å². The normalized spacial score (nSPS) is 25.0. The first kappa shape index (κ1) is 19.9. The number of nitrogens with zero attached hydrogens (tertiary/aromatic N) is 1. The summed E-state index contributed by atoms with van der Waals surface area (Å²) >= 11 is 6.91. The van der Waals surface area contributed by atoms with Crippen LogP contribution in [0.15, 0.2) is 35.7 Å². The molecule has 0 spiro atoms. The Labute approximate surface area is 168 Å². The van der Waals surface area contributed by atoms with E-state index in [1.807, 2.05) is 25.3 Å². The summed E-state index contributed by atoms with van der Waals surface area (Å²) in [4.78, 5) is 17.0. The Hall–Kier alpha value is -1.87. The van der Waals surface area contributed by atoms with Gasteiger partial charge in [0.05, 0.1) is 12.7 Å². The van der Waals surface area contributed by atoms with Crippen molar-refractivity contribution < 1.29 is 14.6 Å². The second kappa shape index (κ2) is 8.43. The highest BCUT2D eigenvalue weighted by Crippen LogP contribution is 2.39. The monoisotopic (exact) mass is 405 g/mol. The van der Waals surface area contributed by atoms with Gasteiger partial charge in [-0.05, 0) is 44.6 Å². The predicted molar refractivity (Wildman–Crippen MR) is 109 cm³/mol. The molecule has 0 unspecified atom stereocenters. The number of aromatic nitrogens is 1. The number of ether oxygens (including phenoxy) is 1. The van der Waals surface area contributed by atoms with Gasteiger partial charge in [0.15, 0.2) is 5.11 Å². The number of hydrogen-bond donors (Lipinski definition) is 3. The van der Waals surface area contributed by atoms with E-state index in [2.05, 4.69) is 15.6 Å². The minimum absolute atomic E-state index is 0.0330. The molecular formula is C19H23N3O3S2. The molecule has 8 heteroatoms. The molecule has 6 nitrogen and oxygen atoms in total. The zero-order chi connectivity index (χ0) is 19.4. The van der Waals surface area contributed by atoms with E-state index in [1.165, 1.54) is 11.3 Å². The first-order valence-electron chi connectivity index (χ1n) is 8.78. The molecule has 1 fully saturated rings. The van der Waals surface area contributed by atoms with Gasteiger partial charge in [-0.25, -0.2) is 4.98 Å². The fraction of sp³-hybridized carbons (Fsp3) is 0.421. The van der Waals surface area contributed by atoms with Crippen molar-refractivity contribution in [2.45, 2.75) is 31.9 Å². The highest BCUT2D eigenvalue weighted by Gasteiger charge is 2.47. The van der Waals surface area contributed by atoms with Gasteiger partial charge in [0.2, 0.25) is 0 Å². The molecule has 3 N–H and O–H groups in total. The molecule has 0 bridgehead atoms. The van der Waals surface area contributed by atoms with Gasteiger partial charge in [0.25, 0.3) is 5.91 Å². The van der Waals surface area contributed by atoms with E-state index in [0.29, 0.717) is 18.6 Å². The number of hydrogen-bond acceptors (Lipinski definition) is 6. The maximum absolute atomic E-state index is 12.4. The van der Waals surface area contributed by atoms with Gasteiger partial charge in [0, 0.05) is 29.2 Å². The van der Waals surface area contributed by atoms with Crippen LogP contribution < -0.4 is 10.6 Å². The molecule has 144 valence electrons. The molecular weight excluding hydrogens is 382 g/mol. The standard InChI is InChI=1S/C19H23N3O3S2/c1-12-10-27-17(20-12)19(11-25-13(2)8-15(19)9-23)22-18(26)21-16(24)14-6-4-3-5-7-14/h3-7,10,13,15,23H,8-9,11H2,1-2H3,(H2,21,22,24,26)/t13-,15-,19-/m0/s1. The molecule has 1 saturated heterocycles. The number of amides is 1. The van der Waals surface area contributed by atoms with Gasteiger partial charge < -0.3 is 15.2 Å². The van der Waals surface area contributed by atoms with Gasteiger partial charge in [-0.3, -0.25) is 10.1 Å². The van der Waals surface area contributed by atoms with Gasteiger partial charge >= 0.3 is 0 Å². The number of aliphatic hydroxyl groups excluding tert-OH is 1. The number of carbonyl (C=O) groups is 1. The lowest BCUT2D eigenvalue weighted by molar-refractivity contribution is -0.0748. The second-order valence-corrected chi connectivity index (χ2v) is 8.04. The van der Waals surface area contributed by atoms with Crippen molar-refractivity contribution in [3.63, 3.8) is 0 Å². The van der Waals surface area contributed by atoms with E-state index in [-0.39, 0.29) is 29.6 Å². The lowest BCUT2D eigenvalue weighted by Gasteiger charge is -2.44. The van der Waals surface area contributed by atoms with Crippen LogP contribution in [0.1, 0.15) is 34.4 Å². The number of thiazole rings is 1. The fourth-order valence-corrected chi connectivity index (χ4v) is 4.57. The summed E-state index contributed by atoms with van der Waals surface area (Å²) < 4.78 is 5.90. The number of benzene rings is 1. The first-order valence-corrected chi connectivity index (χ1v) is 10.1. The third kappa shape index (κ3) is 4.35. The maximum atomic E-state index is 12.4. The summed E-state index contributed by atoms with van der Waals surface area (Å²) in [6.07, 6.45) is 0.697. The van der Waals surface area contributed by atoms with Gasteiger partial charge in [-0.1, -0.05) is 18.2 Å². The largest absolute Gasteiger partial charge is 0.396 e. The lowest BCUT2D eigenvalue weighted by atomic mass is 9.79. The van der Waals surface area contributed by atoms with Crippen molar-refractivity contribution in [1.82, 2.24) is 15.6 Å². The van der Waals surface area contributed by atoms with Crippen LogP contribution in [-0.4, -0.2) is 40.4 Å². The van der Waals surface area contributed by atoms with Crippen molar-refractivity contribution in [3.05, 3.63) is 52.0 Å². The van der Waals surface area contributed by atoms with Crippen LogP contribution in [0.5, 0.6) is 0 Å². The second-order valence-electron chi connectivity index (χ2n) is 6.78. The van der Waals surface area contributed by atoms with Crippen LogP contribution >= 0.6 is 23.6 Å². The quantitative estimate of drug-likeness (QED) is 0.678. The van der Waals surface area contributed by atoms with Crippen molar-refractivity contribution in [3.8, 4) is 0 Å². The highest BCUT2D eigenvalue weighted by molar-refractivity contribution is 7.80. The number of aryl methyl sites for hydroxylation is 1. The molecule has 0 saturated carbocycles. The van der Waals surface area contributed by atoms with Crippen LogP contribution in [0.4, 0.5) is 0 Å². The lowest BCUT2D eigenvalue weighted by Crippen LogP contribution is -2.61. The van der Waals surface area contributed by atoms with Crippen molar-refractivity contribution in [2.75, 3.05) is 13.2 Å². The molecule has 3 rings (SSSR count). The minimum atomic E-state index is -0.777. The van der Waals surface area contributed by atoms with Crippen LogP contribution in [0, 0.1) is 12.8 Å². The molecule has 1 amide bonds. The topological polar surface area (TPSA) is 83.5 Å². The van der Waals surface area contributed by atoms with E-state index in [4.69, 9.17) is 17.0 Å². The molecule has 1 aliphatic rings.